The molecule has 1 aromatic carbocycles. The van der Waals surface area contributed by atoms with Crippen molar-refractivity contribution in [3.8, 4) is 0 Å². The fourth-order valence-corrected chi connectivity index (χ4v) is 3.91. The maximum Gasteiger partial charge on any atom is 0.161 e. The van der Waals surface area contributed by atoms with Crippen molar-refractivity contribution in [3.05, 3.63) is 29.6 Å². The molecule has 0 radical (unpaired) electrons. The number of nitrogens with zero attached hydrogens (tertiary/aromatic N) is 1. The van der Waals surface area contributed by atoms with E-state index >= 15 is 0 Å². The summed E-state index contributed by atoms with van der Waals surface area (Å²) in [6.45, 7) is 0. The van der Waals surface area contributed by atoms with E-state index in [9.17, 15) is 13.2 Å². The van der Waals surface area contributed by atoms with Crippen LogP contribution in [0.3, 0.4) is 0 Å². The van der Waals surface area contributed by atoms with Crippen molar-refractivity contribution < 1.29 is 13.2 Å². The molecule has 2 aliphatic rings. The van der Waals surface area contributed by atoms with Crippen molar-refractivity contribution in [3.63, 3.8) is 0 Å². The van der Waals surface area contributed by atoms with Crippen molar-refractivity contribution in [2.24, 2.45) is 10.9 Å². The van der Waals surface area contributed by atoms with Gasteiger partial charge in [0.05, 0.1) is 6.04 Å². The van der Waals surface area contributed by atoms with Crippen LogP contribution in [0.2, 0.25) is 0 Å². The summed E-state index contributed by atoms with van der Waals surface area (Å²) in [4.78, 5) is 4.55. The summed E-state index contributed by atoms with van der Waals surface area (Å²) in [5.74, 6) is -1.30. The first-order valence-corrected chi connectivity index (χ1v) is 7.74. The fraction of sp³-hybridized carbons (Fsp3) is 0.500. The number of fused-ring (bicyclic) bond motifs is 1. The van der Waals surface area contributed by atoms with Crippen LogP contribution >= 0.6 is 11.8 Å². The lowest BCUT2D eigenvalue weighted by atomic mass is 9.86. The molecule has 1 aliphatic heterocycles. The Bertz CT molecular complexity index is 524. The van der Waals surface area contributed by atoms with Crippen LogP contribution in [0.4, 0.5) is 18.9 Å². The van der Waals surface area contributed by atoms with E-state index in [4.69, 9.17) is 0 Å². The van der Waals surface area contributed by atoms with Crippen LogP contribution in [0.1, 0.15) is 25.7 Å². The normalized spacial score (nSPS) is 25.9. The Morgan fingerprint density at radius 1 is 1.10 bits per heavy atom. The number of aliphatic imine (C=N–C) groups is 1. The van der Waals surface area contributed by atoms with Crippen LogP contribution in [-0.4, -0.2) is 17.0 Å². The largest absolute Gasteiger partial charge is 0.330 e. The molecule has 2 atom stereocenters. The van der Waals surface area contributed by atoms with Gasteiger partial charge in [0.1, 0.15) is 11.5 Å². The van der Waals surface area contributed by atoms with Crippen LogP contribution in [-0.2, 0) is 0 Å². The number of halogens is 3. The second-order valence-electron chi connectivity index (χ2n) is 5.23. The molecule has 1 heterocycles. The molecule has 1 aromatic rings. The second-order valence-corrected chi connectivity index (χ2v) is 6.24. The van der Waals surface area contributed by atoms with Crippen molar-refractivity contribution in [2.75, 3.05) is 11.1 Å². The quantitative estimate of drug-likeness (QED) is 0.841. The number of hydrogen-bond donors (Lipinski definition) is 1. The smallest absolute Gasteiger partial charge is 0.161 e. The monoisotopic (exact) mass is 300 g/mol. The second kappa shape index (κ2) is 5.68. The summed E-state index contributed by atoms with van der Waals surface area (Å²) in [6, 6.07) is 1.59. The van der Waals surface area contributed by atoms with Crippen LogP contribution in [0.25, 0.3) is 0 Å². The number of nitrogens with one attached hydrogen (secondary N) is 1. The van der Waals surface area contributed by atoms with Gasteiger partial charge in [0, 0.05) is 17.9 Å². The molecule has 6 heteroatoms. The van der Waals surface area contributed by atoms with E-state index in [2.05, 4.69) is 10.3 Å². The van der Waals surface area contributed by atoms with E-state index in [1.807, 2.05) is 0 Å². The lowest BCUT2D eigenvalue weighted by Gasteiger charge is -2.32. The Kier molecular flexibility index (Phi) is 3.92. The average molecular weight is 300 g/mol. The van der Waals surface area contributed by atoms with Crippen LogP contribution < -0.4 is 5.32 Å². The molecule has 1 N–H and O–H groups in total. The number of anilines is 1. The van der Waals surface area contributed by atoms with Crippen molar-refractivity contribution in [2.45, 2.75) is 31.7 Å². The average Bonchev–Trinajstić information content (AvgIpc) is 2.42. The number of thioether (sulfide) groups is 1. The van der Waals surface area contributed by atoms with Gasteiger partial charge in [0.15, 0.2) is 16.8 Å². The minimum absolute atomic E-state index is 0.249. The summed E-state index contributed by atoms with van der Waals surface area (Å²) >= 11 is 1.48. The SMILES string of the molecule is Fc1cc(F)c(NC2=NC3CCCCC3CS2)c(F)c1. The number of rotatable bonds is 1. The Morgan fingerprint density at radius 2 is 1.80 bits per heavy atom. The number of amidine groups is 1. The lowest BCUT2D eigenvalue weighted by Crippen LogP contribution is -2.32. The third-order valence-corrected chi connectivity index (χ3v) is 4.90. The third kappa shape index (κ3) is 2.80. The predicted octanol–water partition coefficient (Wildman–Crippen LogP) is 4.18. The zero-order chi connectivity index (χ0) is 14.1. The Morgan fingerprint density at radius 3 is 2.55 bits per heavy atom. The highest BCUT2D eigenvalue weighted by atomic mass is 32.2. The van der Waals surface area contributed by atoms with E-state index in [0.29, 0.717) is 23.2 Å². The van der Waals surface area contributed by atoms with Gasteiger partial charge in [0.2, 0.25) is 0 Å². The lowest BCUT2D eigenvalue weighted by molar-refractivity contribution is 0.336. The van der Waals surface area contributed by atoms with Gasteiger partial charge in [-0.15, -0.1) is 0 Å². The van der Waals surface area contributed by atoms with Gasteiger partial charge >= 0.3 is 0 Å². The summed E-state index contributed by atoms with van der Waals surface area (Å²) < 4.78 is 40.1. The van der Waals surface area contributed by atoms with E-state index in [1.165, 1.54) is 24.6 Å². The molecule has 0 saturated heterocycles. The molecule has 1 saturated carbocycles. The Hall–Kier alpha value is -1.17. The first-order chi connectivity index (χ1) is 9.63. The van der Waals surface area contributed by atoms with Crippen LogP contribution in [0.5, 0.6) is 0 Å². The van der Waals surface area contributed by atoms with Gasteiger partial charge in [-0.3, -0.25) is 4.99 Å². The first-order valence-electron chi connectivity index (χ1n) is 6.75. The molecule has 0 bridgehead atoms. The maximum absolute atomic E-state index is 13.6. The molecule has 3 rings (SSSR count). The molecular formula is C14H15F3N2S. The van der Waals surface area contributed by atoms with Gasteiger partial charge in [-0.25, -0.2) is 13.2 Å². The van der Waals surface area contributed by atoms with Crippen molar-refractivity contribution in [1.82, 2.24) is 0 Å². The molecular weight excluding hydrogens is 285 g/mol. The highest BCUT2D eigenvalue weighted by molar-refractivity contribution is 8.14. The molecule has 0 spiro atoms. The van der Waals surface area contributed by atoms with Gasteiger partial charge < -0.3 is 5.32 Å². The van der Waals surface area contributed by atoms with E-state index in [0.717, 1.165) is 18.6 Å². The molecule has 0 amide bonds. The standard InChI is InChI=1S/C14H15F3N2S/c15-9-5-10(16)13(11(17)6-9)19-14-18-12-4-2-1-3-8(12)7-20-14/h5-6,8,12H,1-4,7H2,(H,18,19). The molecule has 1 aliphatic carbocycles. The molecule has 2 nitrogen and oxygen atoms in total. The summed E-state index contributed by atoms with van der Waals surface area (Å²) in [5, 5.41) is 3.20. The number of benzene rings is 1. The van der Waals surface area contributed by atoms with Gasteiger partial charge in [0.25, 0.3) is 0 Å². The highest BCUT2D eigenvalue weighted by Crippen LogP contribution is 2.34. The van der Waals surface area contributed by atoms with E-state index in [-0.39, 0.29) is 11.7 Å². The molecule has 20 heavy (non-hydrogen) atoms. The Labute approximate surface area is 119 Å². The zero-order valence-corrected chi connectivity index (χ0v) is 11.7. The minimum atomic E-state index is -0.934. The topological polar surface area (TPSA) is 24.4 Å². The first kappa shape index (κ1) is 13.8. The molecule has 2 unspecified atom stereocenters. The summed E-state index contributed by atoms with van der Waals surface area (Å²) in [5.41, 5.74) is -0.327. The minimum Gasteiger partial charge on any atom is -0.330 e. The summed E-state index contributed by atoms with van der Waals surface area (Å²) in [7, 11) is 0. The summed E-state index contributed by atoms with van der Waals surface area (Å²) in [6.07, 6.45) is 4.60. The Balaban J connectivity index is 1.80. The zero-order valence-electron chi connectivity index (χ0n) is 10.8. The number of hydrogen-bond acceptors (Lipinski definition) is 3. The molecule has 0 aromatic heterocycles. The molecule has 1 fully saturated rings. The predicted molar refractivity (Wildman–Crippen MR) is 75.6 cm³/mol. The van der Waals surface area contributed by atoms with Gasteiger partial charge in [-0.05, 0) is 18.8 Å². The van der Waals surface area contributed by atoms with E-state index in [1.54, 1.807) is 0 Å². The van der Waals surface area contributed by atoms with Gasteiger partial charge in [-0.1, -0.05) is 24.6 Å². The molecule has 108 valence electrons. The highest BCUT2D eigenvalue weighted by Gasteiger charge is 2.29. The van der Waals surface area contributed by atoms with Crippen molar-refractivity contribution in [1.29, 1.82) is 0 Å². The van der Waals surface area contributed by atoms with E-state index < -0.39 is 17.5 Å². The maximum atomic E-state index is 13.6. The van der Waals surface area contributed by atoms with Gasteiger partial charge in [-0.2, -0.15) is 0 Å². The van der Waals surface area contributed by atoms with Crippen LogP contribution in [0.15, 0.2) is 17.1 Å². The fourth-order valence-electron chi connectivity index (χ4n) is 2.76. The van der Waals surface area contributed by atoms with Crippen molar-refractivity contribution >= 4 is 22.6 Å². The third-order valence-electron chi connectivity index (χ3n) is 3.82. The van der Waals surface area contributed by atoms with Crippen LogP contribution in [0, 0.1) is 23.4 Å².